The summed E-state index contributed by atoms with van der Waals surface area (Å²) in [6, 6.07) is 1.06. The second-order valence-corrected chi connectivity index (χ2v) is 4.74. The number of hydrogen-bond donors (Lipinski definition) is 3. The fraction of sp³-hybridized carbons (Fsp3) is 0.500. The predicted octanol–water partition coefficient (Wildman–Crippen LogP) is 0.887. The highest BCUT2D eigenvalue weighted by atomic mass is 16.6. The minimum atomic E-state index is -1.42. The van der Waals surface area contributed by atoms with Crippen LogP contribution in [0, 0.1) is 10.1 Å². The molecule has 0 bridgehead atoms. The van der Waals surface area contributed by atoms with Crippen LogP contribution in [0.4, 0.5) is 11.5 Å². The summed E-state index contributed by atoms with van der Waals surface area (Å²) in [5, 5.41) is 32.4. The predicted molar refractivity (Wildman–Crippen MR) is 73.5 cm³/mol. The van der Waals surface area contributed by atoms with Gasteiger partial charge in [-0.3, -0.25) is 10.1 Å². The van der Waals surface area contributed by atoms with Gasteiger partial charge in [-0.2, -0.15) is 0 Å². The van der Waals surface area contributed by atoms with Crippen molar-refractivity contribution < 1.29 is 24.7 Å². The van der Waals surface area contributed by atoms with Gasteiger partial charge < -0.3 is 20.3 Å². The van der Waals surface area contributed by atoms with Crippen molar-refractivity contribution in [3.8, 4) is 0 Å². The molecule has 1 aromatic heterocycles. The van der Waals surface area contributed by atoms with Crippen LogP contribution < -0.4 is 5.32 Å². The number of nitrogens with zero attached hydrogens (tertiary/aromatic N) is 2. The number of aliphatic hydroxyl groups is 1. The number of pyridine rings is 1. The largest absolute Gasteiger partial charge is 0.477 e. The zero-order chi connectivity index (χ0) is 16.0. The molecule has 116 valence electrons. The van der Waals surface area contributed by atoms with Gasteiger partial charge in [-0.25, -0.2) is 9.78 Å². The van der Waals surface area contributed by atoms with Crippen molar-refractivity contribution in [1.29, 1.82) is 0 Å². The van der Waals surface area contributed by atoms with E-state index in [0.29, 0.717) is 13.0 Å². The van der Waals surface area contributed by atoms with Gasteiger partial charge in [0.25, 0.3) is 0 Å². The summed E-state index contributed by atoms with van der Waals surface area (Å²) >= 11 is 0. The van der Waals surface area contributed by atoms with Crippen LogP contribution >= 0.6 is 0 Å². The van der Waals surface area contributed by atoms with Crippen molar-refractivity contribution in [2.45, 2.75) is 18.9 Å². The number of carbonyl (C=O) groups is 1. The van der Waals surface area contributed by atoms with E-state index in [0.717, 1.165) is 12.3 Å². The van der Waals surface area contributed by atoms with Gasteiger partial charge in [0.1, 0.15) is 17.6 Å². The van der Waals surface area contributed by atoms with Crippen molar-refractivity contribution in [3.63, 3.8) is 0 Å². The summed E-state index contributed by atoms with van der Waals surface area (Å²) in [4.78, 5) is 24.7. The number of aromatic nitrogens is 1. The van der Waals surface area contributed by atoms with Gasteiger partial charge in [0, 0.05) is 32.7 Å². The number of nitrogens with one attached hydrogen (secondary N) is 1. The third-order valence-electron chi connectivity index (χ3n) is 2.81. The number of hydrogen-bond acceptors (Lipinski definition) is 7. The van der Waals surface area contributed by atoms with E-state index in [1.165, 1.54) is 7.11 Å². The Hall–Kier alpha value is -2.26. The minimum absolute atomic E-state index is 0.0975. The minimum Gasteiger partial charge on any atom is -0.477 e. The Labute approximate surface area is 120 Å². The Balaban J connectivity index is 2.83. The van der Waals surface area contributed by atoms with Crippen molar-refractivity contribution in [3.05, 3.63) is 27.9 Å². The Bertz CT molecular complexity index is 532. The van der Waals surface area contributed by atoms with Crippen molar-refractivity contribution in [1.82, 2.24) is 4.98 Å². The molecule has 0 aliphatic heterocycles. The summed E-state index contributed by atoms with van der Waals surface area (Å²) in [6.45, 7) is 2.05. The van der Waals surface area contributed by atoms with Crippen molar-refractivity contribution in [2.75, 3.05) is 25.6 Å². The van der Waals surface area contributed by atoms with E-state index in [1.807, 2.05) is 0 Å². The molecule has 9 heteroatoms. The lowest BCUT2D eigenvalue weighted by Gasteiger charge is -2.23. The number of nitro groups is 1. The van der Waals surface area contributed by atoms with Crippen LogP contribution in [0.1, 0.15) is 23.7 Å². The zero-order valence-corrected chi connectivity index (χ0v) is 11.7. The molecule has 0 aliphatic rings. The topological polar surface area (TPSA) is 135 Å². The van der Waals surface area contributed by atoms with E-state index in [9.17, 15) is 20.0 Å². The molecule has 1 aromatic rings. The standard InChI is InChI=1S/C12H17N3O6/c1-12(18,3-4-21-2)7-14-10-5-8(11(16)17)9(6-13-10)15(19)20/h5-6,18H,3-4,7H2,1-2H3,(H,13,14)(H,16,17). The van der Waals surface area contributed by atoms with Gasteiger partial charge in [0.15, 0.2) is 0 Å². The summed E-state index contributed by atoms with van der Waals surface area (Å²) < 4.78 is 4.87. The number of methoxy groups -OCH3 is 1. The van der Waals surface area contributed by atoms with Crippen molar-refractivity contribution in [2.24, 2.45) is 0 Å². The van der Waals surface area contributed by atoms with Crippen LogP contribution in [0.25, 0.3) is 0 Å². The molecule has 0 radical (unpaired) electrons. The van der Waals surface area contributed by atoms with Gasteiger partial charge in [-0.15, -0.1) is 0 Å². The van der Waals surface area contributed by atoms with Gasteiger partial charge in [0.05, 0.1) is 10.5 Å². The number of aromatic carboxylic acids is 1. The lowest BCUT2D eigenvalue weighted by Crippen LogP contribution is -2.34. The average molecular weight is 299 g/mol. The molecule has 21 heavy (non-hydrogen) atoms. The lowest BCUT2D eigenvalue weighted by molar-refractivity contribution is -0.385. The van der Waals surface area contributed by atoms with E-state index in [-0.39, 0.29) is 12.4 Å². The second kappa shape index (κ2) is 6.95. The number of ether oxygens (including phenoxy) is 1. The molecule has 1 unspecified atom stereocenters. The fourth-order valence-corrected chi connectivity index (χ4v) is 1.55. The monoisotopic (exact) mass is 299 g/mol. The Kier molecular flexibility index (Phi) is 5.56. The number of anilines is 1. The number of rotatable bonds is 8. The van der Waals surface area contributed by atoms with Crippen LogP contribution in [0.3, 0.4) is 0 Å². The molecule has 9 nitrogen and oxygen atoms in total. The van der Waals surface area contributed by atoms with Crippen molar-refractivity contribution >= 4 is 17.5 Å². The summed E-state index contributed by atoms with van der Waals surface area (Å²) in [6.07, 6.45) is 1.24. The molecule has 1 atom stereocenters. The third-order valence-corrected chi connectivity index (χ3v) is 2.81. The van der Waals surface area contributed by atoms with Crippen LogP contribution in [0.2, 0.25) is 0 Å². The lowest BCUT2D eigenvalue weighted by atomic mass is 10.0. The van der Waals surface area contributed by atoms with Gasteiger partial charge in [0.2, 0.25) is 0 Å². The maximum Gasteiger partial charge on any atom is 0.342 e. The second-order valence-electron chi connectivity index (χ2n) is 4.74. The van der Waals surface area contributed by atoms with Gasteiger partial charge >= 0.3 is 11.7 Å². The van der Waals surface area contributed by atoms with Crippen LogP contribution in [-0.2, 0) is 4.74 Å². The summed E-state index contributed by atoms with van der Waals surface area (Å²) in [7, 11) is 1.51. The molecule has 1 heterocycles. The van der Waals surface area contributed by atoms with Gasteiger partial charge in [-0.05, 0) is 6.92 Å². The molecule has 1 rings (SSSR count). The quantitative estimate of drug-likeness (QED) is 0.475. The molecule has 0 aromatic carbocycles. The average Bonchev–Trinajstić information content (AvgIpc) is 2.42. The fourth-order valence-electron chi connectivity index (χ4n) is 1.55. The molecule has 0 saturated carbocycles. The maximum atomic E-state index is 11.0. The highest BCUT2D eigenvalue weighted by molar-refractivity contribution is 5.93. The maximum absolute atomic E-state index is 11.0. The first-order valence-corrected chi connectivity index (χ1v) is 6.10. The Morgan fingerprint density at radius 1 is 1.62 bits per heavy atom. The first-order chi connectivity index (χ1) is 9.76. The SMILES string of the molecule is COCCC(C)(O)CNc1cc(C(=O)O)c([N+](=O)[O-])cn1. The zero-order valence-electron chi connectivity index (χ0n) is 11.7. The van der Waals surface area contributed by atoms with E-state index in [4.69, 9.17) is 9.84 Å². The molecule has 0 spiro atoms. The first kappa shape index (κ1) is 16.8. The van der Waals surface area contributed by atoms with E-state index >= 15 is 0 Å². The van der Waals surface area contributed by atoms with Crippen LogP contribution in [0.15, 0.2) is 12.3 Å². The third kappa shape index (κ3) is 4.97. The van der Waals surface area contributed by atoms with E-state index < -0.39 is 27.7 Å². The van der Waals surface area contributed by atoms with E-state index in [1.54, 1.807) is 6.92 Å². The molecule has 0 saturated heterocycles. The molecule has 0 fully saturated rings. The molecule has 3 N–H and O–H groups in total. The van der Waals surface area contributed by atoms with Crippen LogP contribution in [0.5, 0.6) is 0 Å². The van der Waals surface area contributed by atoms with Crippen LogP contribution in [-0.4, -0.2) is 52.0 Å². The molecule has 0 amide bonds. The first-order valence-electron chi connectivity index (χ1n) is 6.10. The smallest absolute Gasteiger partial charge is 0.342 e. The highest BCUT2D eigenvalue weighted by Gasteiger charge is 2.23. The van der Waals surface area contributed by atoms with E-state index in [2.05, 4.69) is 10.3 Å². The molecular formula is C12H17N3O6. The summed E-state index contributed by atoms with van der Waals surface area (Å²) in [5.41, 5.74) is -2.13. The number of carboxylic acids is 1. The Morgan fingerprint density at radius 2 is 2.29 bits per heavy atom. The normalized spacial score (nSPS) is 13.5. The molecular weight excluding hydrogens is 282 g/mol. The summed E-state index contributed by atoms with van der Waals surface area (Å²) in [5.74, 6) is -1.28. The number of carboxylic acid groups (broad SMARTS) is 1. The Morgan fingerprint density at radius 3 is 2.81 bits per heavy atom. The highest BCUT2D eigenvalue weighted by Crippen LogP contribution is 2.21. The van der Waals surface area contributed by atoms with Gasteiger partial charge in [-0.1, -0.05) is 0 Å². The molecule has 0 aliphatic carbocycles.